The summed E-state index contributed by atoms with van der Waals surface area (Å²) in [6.45, 7) is 1.87. The van der Waals surface area contributed by atoms with Crippen molar-refractivity contribution in [1.29, 1.82) is 0 Å². The van der Waals surface area contributed by atoms with Gasteiger partial charge in [0.1, 0.15) is 29.0 Å². The number of rotatable bonds is 5. The van der Waals surface area contributed by atoms with E-state index in [0.717, 1.165) is 11.5 Å². The molecule has 1 amide bonds. The first-order valence-electron chi connectivity index (χ1n) is 7.96. The van der Waals surface area contributed by atoms with Gasteiger partial charge < -0.3 is 8.83 Å². The molecule has 3 aromatic rings. The molecule has 10 heteroatoms. The van der Waals surface area contributed by atoms with E-state index in [1.807, 2.05) is 25.1 Å². The normalized spacial score (nSPS) is 16.9. The Morgan fingerprint density at radius 1 is 1.38 bits per heavy atom. The van der Waals surface area contributed by atoms with Gasteiger partial charge in [-0.1, -0.05) is 11.8 Å². The second kappa shape index (κ2) is 6.79. The van der Waals surface area contributed by atoms with Gasteiger partial charge in [-0.2, -0.15) is 5.10 Å². The van der Waals surface area contributed by atoms with Crippen LogP contribution < -0.4 is 0 Å². The van der Waals surface area contributed by atoms with Crippen LogP contribution in [0, 0.1) is 6.92 Å². The Bertz CT molecular complexity index is 945. The second-order valence-electron chi connectivity index (χ2n) is 5.80. The summed E-state index contributed by atoms with van der Waals surface area (Å²) in [7, 11) is 1.73. The lowest BCUT2D eigenvalue weighted by molar-refractivity contribution is -0.130. The lowest BCUT2D eigenvalue weighted by Crippen LogP contribution is -2.28. The van der Waals surface area contributed by atoms with E-state index >= 15 is 0 Å². The van der Waals surface area contributed by atoms with Gasteiger partial charge in [0.25, 0.3) is 5.91 Å². The second-order valence-corrected chi connectivity index (χ2v) is 6.75. The maximum atomic E-state index is 12.8. The van der Waals surface area contributed by atoms with Crippen molar-refractivity contribution < 1.29 is 13.6 Å². The molecule has 1 aliphatic rings. The Hall–Kier alpha value is -2.88. The number of carbonyl (C=O) groups excluding carboxylic acids is 1. The largest absolute Gasteiger partial charge is 0.467 e. The van der Waals surface area contributed by atoms with E-state index in [2.05, 4.69) is 20.6 Å². The van der Waals surface area contributed by atoms with Crippen LogP contribution in [0.25, 0.3) is 0 Å². The molecule has 0 aliphatic carbocycles. The van der Waals surface area contributed by atoms with Crippen LogP contribution in [0.2, 0.25) is 0 Å². The third-order valence-corrected chi connectivity index (χ3v) is 4.96. The monoisotopic (exact) mass is 372 g/mol. The van der Waals surface area contributed by atoms with Crippen molar-refractivity contribution in [1.82, 2.24) is 25.2 Å². The number of amides is 1. The molecule has 1 atom stereocenters. The number of thioether (sulfide) groups is 1. The maximum absolute atomic E-state index is 12.8. The molecule has 134 valence electrons. The van der Waals surface area contributed by atoms with Crippen LogP contribution in [0.15, 0.2) is 49.6 Å². The summed E-state index contributed by atoms with van der Waals surface area (Å²) in [5, 5.41) is 17.7. The van der Waals surface area contributed by atoms with Crippen molar-refractivity contribution in [2.24, 2.45) is 12.1 Å². The summed E-state index contributed by atoms with van der Waals surface area (Å²) in [6, 6.07) is 7.09. The number of carbonyl (C=O) groups is 1. The van der Waals surface area contributed by atoms with Gasteiger partial charge in [0.15, 0.2) is 0 Å². The van der Waals surface area contributed by atoms with Crippen LogP contribution in [0.1, 0.15) is 29.7 Å². The molecule has 4 heterocycles. The van der Waals surface area contributed by atoms with Gasteiger partial charge in [-0.15, -0.1) is 5.10 Å². The smallest absolute Gasteiger partial charge is 0.253 e. The number of tetrazole rings is 1. The predicted molar refractivity (Wildman–Crippen MR) is 92.4 cm³/mol. The number of furan rings is 2. The van der Waals surface area contributed by atoms with E-state index in [9.17, 15) is 4.79 Å². The Balaban J connectivity index is 1.56. The topological polar surface area (TPSA) is 103 Å². The molecule has 4 rings (SSSR count). The highest BCUT2D eigenvalue weighted by atomic mass is 32.2. The molecule has 1 aliphatic heterocycles. The van der Waals surface area contributed by atoms with Crippen LogP contribution in [0.4, 0.5) is 0 Å². The highest BCUT2D eigenvalue weighted by Gasteiger charge is 2.35. The van der Waals surface area contributed by atoms with E-state index in [1.165, 1.54) is 21.5 Å². The third kappa shape index (κ3) is 3.15. The summed E-state index contributed by atoms with van der Waals surface area (Å²) >= 11 is 1.26. The third-order valence-electron chi connectivity index (χ3n) is 3.97. The van der Waals surface area contributed by atoms with E-state index in [-0.39, 0.29) is 17.7 Å². The van der Waals surface area contributed by atoms with Crippen LogP contribution >= 0.6 is 11.8 Å². The molecule has 0 aromatic carbocycles. The quantitative estimate of drug-likeness (QED) is 0.632. The van der Waals surface area contributed by atoms with Crippen LogP contribution in [-0.4, -0.2) is 42.6 Å². The molecule has 0 fully saturated rings. The molecule has 3 aromatic heterocycles. The van der Waals surface area contributed by atoms with E-state index in [0.29, 0.717) is 23.1 Å². The lowest BCUT2D eigenvalue weighted by atomic mass is 10.1. The molecule has 1 unspecified atom stereocenters. The molecular formula is C16H16N6O3S. The minimum Gasteiger partial charge on any atom is -0.467 e. The van der Waals surface area contributed by atoms with Gasteiger partial charge in [-0.25, -0.2) is 9.69 Å². The zero-order valence-electron chi connectivity index (χ0n) is 14.2. The summed E-state index contributed by atoms with van der Waals surface area (Å²) in [4.78, 5) is 12.8. The fraction of sp³-hybridized carbons (Fsp3) is 0.312. The van der Waals surface area contributed by atoms with Crippen molar-refractivity contribution in [2.45, 2.75) is 24.5 Å². The number of aryl methyl sites for hydroxylation is 2. The first-order valence-corrected chi connectivity index (χ1v) is 8.95. The summed E-state index contributed by atoms with van der Waals surface area (Å²) in [6.07, 6.45) is 2.12. The molecule has 0 N–H and O–H groups in total. The minimum absolute atomic E-state index is 0.155. The fourth-order valence-electron chi connectivity index (χ4n) is 2.72. The summed E-state index contributed by atoms with van der Waals surface area (Å²) in [5.74, 6) is 2.16. The maximum Gasteiger partial charge on any atom is 0.253 e. The Kier molecular flexibility index (Phi) is 4.33. The summed E-state index contributed by atoms with van der Waals surface area (Å²) < 4.78 is 12.7. The number of hydrazone groups is 1. The van der Waals surface area contributed by atoms with E-state index < -0.39 is 0 Å². The summed E-state index contributed by atoms with van der Waals surface area (Å²) in [5.41, 5.74) is 0.721. The van der Waals surface area contributed by atoms with Gasteiger partial charge in [0.2, 0.25) is 5.16 Å². The molecule has 0 bridgehead atoms. The molecule has 9 nitrogen and oxygen atoms in total. The van der Waals surface area contributed by atoms with Gasteiger partial charge in [0.05, 0.1) is 12.0 Å². The van der Waals surface area contributed by atoms with Gasteiger partial charge in [0, 0.05) is 13.5 Å². The van der Waals surface area contributed by atoms with Crippen molar-refractivity contribution in [3.05, 3.63) is 47.8 Å². The zero-order valence-corrected chi connectivity index (χ0v) is 15.0. The Morgan fingerprint density at radius 2 is 2.27 bits per heavy atom. The van der Waals surface area contributed by atoms with E-state index in [1.54, 1.807) is 19.4 Å². The molecule has 0 spiro atoms. The van der Waals surface area contributed by atoms with Crippen molar-refractivity contribution >= 4 is 23.4 Å². The number of nitrogens with zero attached hydrogens (tertiary/aromatic N) is 6. The van der Waals surface area contributed by atoms with E-state index in [4.69, 9.17) is 8.83 Å². The van der Waals surface area contributed by atoms with Crippen molar-refractivity contribution in [3.8, 4) is 0 Å². The van der Waals surface area contributed by atoms with Crippen LogP contribution in [0.3, 0.4) is 0 Å². The standard InChI is InChI=1S/C16H16N6O3S/c1-10-5-6-13(25-10)11-8-12(14-4-3-7-24-14)22(18-11)15(23)9-26-16-17-19-20-21(16)2/h3-7,12H,8-9H2,1-2H3. The van der Waals surface area contributed by atoms with Gasteiger partial charge in [-0.3, -0.25) is 4.79 Å². The average molecular weight is 372 g/mol. The lowest BCUT2D eigenvalue weighted by Gasteiger charge is -2.19. The minimum atomic E-state index is -0.295. The molecule has 0 saturated carbocycles. The molecular weight excluding hydrogens is 356 g/mol. The number of hydrogen-bond donors (Lipinski definition) is 0. The highest BCUT2D eigenvalue weighted by molar-refractivity contribution is 7.99. The van der Waals surface area contributed by atoms with Crippen LogP contribution in [-0.2, 0) is 11.8 Å². The molecule has 26 heavy (non-hydrogen) atoms. The SMILES string of the molecule is Cc1ccc(C2=NN(C(=O)CSc3nnnn3C)C(c3ccco3)C2)o1. The molecule has 0 saturated heterocycles. The Labute approximate surface area is 153 Å². The van der Waals surface area contributed by atoms with Crippen molar-refractivity contribution in [2.75, 3.05) is 5.75 Å². The zero-order chi connectivity index (χ0) is 18.1. The number of aromatic nitrogens is 4. The first-order chi connectivity index (χ1) is 12.6. The van der Waals surface area contributed by atoms with Crippen molar-refractivity contribution in [3.63, 3.8) is 0 Å². The highest BCUT2D eigenvalue weighted by Crippen LogP contribution is 2.34. The number of hydrogen-bond acceptors (Lipinski definition) is 8. The van der Waals surface area contributed by atoms with Gasteiger partial charge in [-0.05, 0) is 41.6 Å². The fourth-order valence-corrected chi connectivity index (χ4v) is 3.42. The van der Waals surface area contributed by atoms with Gasteiger partial charge >= 0.3 is 0 Å². The molecule has 0 radical (unpaired) electrons. The van der Waals surface area contributed by atoms with Crippen LogP contribution in [0.5, 0.6) is 0 Å². The predicted octanol–water partition coefficient (Wildman–Crippen LogP) is 2.17. The first kappa shape index (κ1) is 16.6. The Morgan fingerprint density at radius 3 is 2.92 bits per heavy atom. The average Bonchev–Trinajstić information content (AvgIpc) is 3.39.